The van der Waals surface area contributed by atoms with E-state index in [0.717, 1.165) is 10.5 Å². The molecule has 0 atom stereocenters. The highest BCUT2D eigenvalue weighted by atomic mass is 16.5. The molecular formula is C20H23N3O5. The fourth-order valence-electron chi connectivity index (χ4n) is 3.30. The van der Waals surface area contributed by atoms with Crippen molar-refractivity contribution >= 4 is 23.8 Å². The Labute approximate surface area is 163 Å². The van der Waals surface area contributed by atoms with E-state index < -0.39 is 17.8 Å². The number of benzene rings is 1. The number of hydrogen-bond acceptors (Lipinski definition) is 6. The van der Waals surface area contributed by atoms with Gasteiger partial charge in [-0.15, -0.1) is 0 Å². The average molecular weight is 385 g/mol. The minimum atomic E-state index is -0.725. The van der Waals surface area contributed by atoms with E-state index in [2.05, 4.69) is 5.32 Å². The molecule has 1 aromatic carbocycles. The molecule has 1 N–H and O–H groups in total. The molecule has 148 valence electrons. The second-order valence-corrected chi connectivity index (χ2v) is 6.74. The van der Waals surface area contributed by atoms with Crippen LogP contribution in [0.4, 0.5) is 4.79 Å². The summed E-state index contributed by atoms with van der Waals surface area (Å²) in [6, 6.07) is 8.36. The van der Waals surface area contributed by atoms with Crippen molar-refractivity contribution in [3.63, 3.8) is 0 Å². The number of piperidine rings is 1. The van der Waals surface area contributed by atoms with Gasteiger partial charge in [0, 0.05) is 19.3 Å². The fourth-order valence-corrected chi connectivity index (χ4v) is 3.30. The fraction of sp³-hybridized carbons (Fsp3) is 0.400. The number of esters is 1. The molecule has 8 nitrogen and oxygen atoms in total. The number of ether oxygens (including phenoxy) is 1. The molecule has 0 aromatic heterocycles. The van der Waals surface area contributed by atoms with Crippen LogP contribution in [0.2, 0.25) is 0 Å². The standard InChI is InChI=1S/C20H23N3O5/c1-2-28-19(26)15-8-10-22(11-9-15)13-16-17(24)21-20(27)23(18(16)25)12-14-6-4-3-5-7-14/h3-7,13,15H,2,8-12H2,1H3,(H,21,24,27)/b16-13-. The van der Waals surface area contributed by atoms with Gasteiger partial charge in [-0.25, -0.2) is 4.79 Å². The van der Waals surface area contributed by atoms with Crippen molar-refractivity contribution in [1.82, 2.24) is 15.1 Å². The van der Waals surface area contributed by atoms with Crippen LogP contribution >= 0.6 is 0 Å². The summed E-state index contributed by atoms with van der Waals surface area (Å²) in [5.74, 6) is -1.69. The van der Waals surface area contributed by atoms with Crippen LogP contribution in [-0.2, 0) is 25.7 Å². The van der Waals surface area contributed by atoms with Crippen LogP contribution in [0.3, 0.4) is 0 Å². The van der Waals surface area contributed by atoms with Gasteiger partial charge in [0.25, 0.3) is 11.8 Å². The van der Waals surface area contributed by atoms with Crippen molar-refractivity contribution in [3.8, 4) is 0 Å². The predicted octanol–water partition coefficient (Wildman–Crippen LogP) is 1.42. The SMILES string of the molecule is CCOC(=O)C1CCN(/C=C2/C(=O)NC(=O)N(Cc3ccccc3)C2=O)CC1. The highest BCUT2D eigenvalue weighted by Crippen LogP contribution is 2.21. The number of carbonyl (C=O) groups excluding carboxylic acids is 4. The van der Waals surface area contributed by atoms with Gasteiger partial charge in [-0.1, -0.05) is 30.3 Å². The van der Waals surface area contributed by atoms with E-state index in [1.54, 1.807) is 19.1 Å². The first kappa shape index (κ1) is 19.6. The summed E-state index contributed by atoms with van der Waals surface area (Å²) in [6.07, 6.45) is 2.67. The lowest BCUT2D eigenvalue weighted by Gasteiger charge is -2.32. The van der Waals surface area contributed by atoms with E-state index in [0.29, 0.717) is 32.5 Å². The van der Waals surface area contributed by atoms with Crippen molar-refractivity contribution < 1.29 is 23.9 Å². The molecule has 2 heterocycles. The van der Waals surface area contributed by atoms with Crippen LogP contribution < -0.4 is 5.32 Å². The molecule has 2 aliphatic heterocycles. The predicted molar refractivity (Wildman–Crippen MR) is 99.5 cm³/mol. The van der Waals surface area contributed by atoms with Gasteiger partial charge in [0.1, 0.15) is 5.57 Å². The number of amides is 4. The first-order valence-electron chi connectivity index (χ1n) is 9.33. The molecule has 0 saturated carbocycles. The van der Waals surface area contributed by atoms with Crippen LogP contribution in [0.5, 0.6) is 0 Å². The van der Waals surface area contributed by atoms with Crippen molar-refractivity contribution in [1.29, 1.82) is 0 Å². The van der Waals surface area contributed by atoms with Crippen molar-refractivity contribution in [3.05, 3.63) is 47.7 Å². The smallest absolute Gasteiger partial charge is 0.331 e. The van der Waals surface area contributed by atoms with Gasteiger partial charge in [0.2, 0.25) is 0 Å². The molecule has 2 fully saturated rings. The number of likely N-dealkylation sites (tertiary alicyclic amines) is 1. The number of nitrogens with one attached hydrogen (secondary N) is 1. The molecule has 0 aliphatic carbocycles. The van der Waals surface area contributed by atoms with E-state index in [1.165, 1.54) is 6.20 Å². The van der Waals surface area contributed by atoms with Gasteiger partial charge in [0.15, 0.2) is 0 Å². The lowest BCUT2D eigenvalue weighted by molar-refractivity contribution is -0.149. The Bertz CT molecular complexity index is 797. The first-order chi connectivity index (χ1) is 13.5. The molecule has 0 spiro atoms. The van der Waals surface area contributed by atoms with Gasteiger partial charge in [-0.3, -0.25) is 24.6 Å². The molecule has 28 heavy (non-hydrogen) atoms. The third-order valence-electron chi connectivity index (χ3n) is 4.83. The minimum absolute atomic E-state index is 0.0786. The second kappa shape index (κ2) is 8.69. The van der Waals surface area contributed by atoms with E-state index in [-0.39, 0.29) is 24.0 Å². The van der Waals surface area contributed by atoms with Gasteiger partial charge in [-0.2, -0.15) is 0 Å². The summed E-state index contributed by atoms with van der Waals surface area (Å²) in [4.78, 5) is 51.8. The summed E-state index contributed by atoms with van der Waals surface area (Å²) in [7, 11) is 0. The van der Waals surface area contributed by atoms with Gasteiger partial charge in [0.05, 0.1) is 19.1 Å². The van der Waals surface area contributed by atoms with Crippen molar-refractivity contribution in [2.75, 3.05) is 19.7 Å². The van der Waals surface area contributed by atoms with Crippen LogP contribution in [0.1, 0.15) is 25.3 Å². The van der Waals surface area contributed by atoms with Crippen molar-refractivity contribution in [2.45, 2.75) is 26.3 Å². The van der Waals surface area contributed by atoms with Crippen LogP contribution in [0, 0.1) is 5.92 Å². The Kier molecular flexibility index (Phi) is 6.08. The molecule has 0 radical (unpaired) electrons. The quantitative estimate of drug-likeness (QED) is 0.468. The zero-order valence-corrected chi connectivity index (χ0v) is 15.7. The Morgan fingerprint density at radius 1 is 1.18 bits per heavy atom. The van der Waals surface area contributed by atoms with Gasteiger partial charge < -0.3 is 9.64 Å². The number of hydrogen-bond donors (Lipinski definition) is 1. The highest BCUT2D eigenvalue weighted by molar-refractivity contribution is 6.28. The lowest BCUT2D eigenvalue weighted by Crippen LogP contribution is -2.54. The van der Waals surface area contributed by atoms with Crippen LogP contribution in [0.25, 0.3) is 0 Å². The van der Waals surface area contributed by atoms with Crippen molar-refractivity contribution in [2.24, 2.45) is 5.92 Å². The topological polar surface area (TPSA) is 96.0 Å². The summed E-state index contributed by atoms with van der Waals surface area (Å²) in [5, 5.41) is 2.22. The zero-order chi connectivity index (χ0) is 20.1. The summed E-state index contributed by atoms with van der Waals surface area (Å²) < 4.78 is 5.05. The molecular weight excluding hydrogens is 362 g/mol. The maximum atomic E-state index is 12.8. The van der Waals surface area contributed by atoms with Gasteiger partial charge in [-0.05, 0) is 25.3 Å². The molecule has 3 rings (SSSR count). The minimum Gasteiger partial charge on any atom is -0.466 e. The molecule has 4 amide bonds. The number of urea groups is 1. The Morgan fingerprint density at radius 2 is 1.86 bits per heavy atom. The van der Waals surface area contributed by atoms with E-state index in [9.17, 15) is 19.2 Å². The summed E-state index contributed by atoms with van der Waals surface area (Å²) >= 11 is 0. The van der Waals surface area contributed by atoms with Crippen LogP contribution in [0.15, 0.2) is 42.1 Å². The number of barbiturate groups is 1. The largest absolute Gasteiger partial charge is 0.466 e. The lowest BCUT2D eigenvalue weighted by atomic mass is 9.97. The average Bonchev–Trinajstić information content (AvgIpc) is 2.70. The Morgan fingerprint density at radius 3 is 2.50 bits per heavy atom. The Hall–Kier alpha value is -3.16. The number of imide groups is 2. The van der Waals surface area contributed by atoms with E-state index in [4.69, 9.17) is 4.74 Å². The number of carbonyl (C=O) groups is 4. The molecule has 2 aliphatic rings. The monoisotopic (exact) mass is 385 g/mol. The third kappa shape index (κ3) is 4.39. The maximum Gasteiger partial charge on any atom is 0.331 e. The number of rotatable bonds is 5. The molecule has 1 aromatic rings. The summed E-state index contributed by atoms with van der Waals surface area (Å²) in [6.45, 7) is 3.26. The van der Waals surface area contributed by atoms with Crippen LogP contribution in [-0.4, -0.2) is 53.3 Å². The van der Waals surface area contributed by atoms with E-state index >= 15 is 0 Å². The third-order valence-corrected chi connectivity index (χ3v) is 4.83. The normalized spacial score (nSPS) is 19.8. The first-order valence-corrected chi connectivity index (χ1v) is 9.33. The zero-order valence-electron chi connectivity index (χ0n) is 15.7. The highest BCUT2D eigenvalue weighted by Gasteiger charge is 2.36. The molecule has 8 heteroatoms. The molecule has 0 bridgehead atoms. The Balaban J connectivity index is 1.68. The molecule has 2 saturated heterocycles. The second-order valence-electron chi connectivity index (χ2n) is 6.74. The van der Waals surface area contributed by atoms with Gasteiger partial charge >= 0.3 is 12.0 Å². The number of nitrogens with zero attached hydrogens (tertiary/aromatic N) is 2. The maximum absolute atomic E-state index is 12.8. The summed E-state index contributed by atoms with van der Waals surface area (Å²) in [5.41, 5.74) is 0.708. The van der Waals surface area contributed by atoms with E-state index in [1.807, 2.05) is 23.1 Å². The molecule has 0 unspecified atom stereocenters.